The van der Waals surface area contributed by atoms with Gasteiger partial charge in [0, 0.05) is 20.0 Å². The van der Waals surface area contributed by atoms with E-state index in [0.29, 0.717) is 26.1 Å². The number of para-hydroxylation sites is 1. The second kappa shape index (κ2) is 6.28. The molecule has 1 fully saturated rings. The number of hydrogen-bond donors (Lipinski definition) is 1. The third-order valence-electron chi connectivity index (χ3n) is 4.04. The highest BCUT2D eigenvalue weighted by atomic mass is 16.6. The monoisotopic (exact) mass is 316 g/mol. The molecule has 0 radical (unpaired) electrons. The van der Waals surface area contributed by atoms with Crippen LogP contribution in [0.25, 0.3) is 11.0 Å². The number of likely N-dealkylation sites (N-methyl/N-ethyl adjacent to an activating group) is 1. The Morgan fingerprint density at radius 2 is 2.30 bits per heavy atom. The smallest absolute Gasteiger partial charge is 0.410 e. The van der Waals surface area contributed by atoms with E-state index in [1.807, 2.05) is 25.1 Å². The van der Waals surface area contributed by atoms with Gasteiger partial charge in [0.05, 0.1) is 17.6 Å². The van der Waals surface area contributed by atoms with Crippen LogP contribution >= 0.6 is 0 Å². The molecule has 0 bridgehead atoms. The lowest BCUT2D eigenvalue weighted by atomic mass is 10.2. The minimum Gasteiger partial charge on any atom is -0.448 e. The number of imidazole rings is 1. The van der Waals surface area contributed by atoms with Crippen molar-refractivity contribution in [2.45, 2.75) is 13.3 Å². The van der Waals surface area contributed by atoms with E-state index in [-0.39, 0.29) is 12.5 Å². The fourth-order valence-electron chi connectivity index (χ4n) is 2.60. The van der Waals surface area contributed by atoms with E-state index in [1.165, 1.54) is 4.90 Å². The molecule has 1 aliphatic heterocycles. The maximum absolute atomic E-state index is 12.1. The SMILES string of the molecule is Cc1cccc2[nH]c(CCN(C)C(=O)CN3CCOC3=O)nc12. The summed E-state index contributed by atoms with van der Waals surface area (Å²) in [5.74, 6) is 0.755. The lowest BCUT2D eigenvalue weighted by Crippen LogP contribution is -2.39. The van der Waals surface area contributed by atoms with Gasteiger partial charge in [-0.25, -0.2) is 9.78 Å². The van der Waals surface area contributed by atoms with E-state index in [0.717, 1.165) is 22.4 Å². The van der Waals surface area contributed by atoms with E-state index >= 15 is 0 Å². The van der Waals surface area contributed by atoms with Gasteiger partial charge in [0.15, 0.2) is 0 Å². The van der Waals surface area contributed by atoms with E-state index in [9.17, 15) is 9.59 Å². The summed E-state index contributed by atoms with van der Waals surface area (Å²) in [4.78, 5) is 34.4. The van der Waals surface area contributed by atoms with Crippen molar-refractivity contribution in [1.82, 2.24) is 19.8 Å². The predicted molar refractivity (Wildman–Crippen MR) is 85.1 cm³/mol. The van der Waals surface area contributed by atoms with Crippen molar-refractivity contribution >= 4 is 23.0 Å². The fraction of sp³-hybridized carbons (Fsp3) is 0.438. The Balaban J connectivity index is 1.57. The second-order valence-corrected chi connectivity index (χ2v) is 5.76. The Bertz CT molecular complexity index is 740. The number of hydrogen-bond acceptors (Lipinski definition) is 4. The normalized spacial score (nSPS) is 14.3. The van der Waals surface area contributed by atoms with Gasteiger partial charge >= 0.3 is 6.09 Å². The molecule has 0 spiro atoms. The molecule has 7 heteroatoms. The van der Waals surface area contributed by atoms with Crippen LogP contribution in [0.2, 0.25) is 0 Å². The van der Waals surface area contributed by atoms with Crippen molar-refractivity contribution in [1.29, 1.82) is 0 Å². The molecule has 122 valence electrons. The lowest BCUT2D eigenvalue weighted by Gasteiger charge is -2.19. The number of rotatable bonds is 5. The van der Waals surface area contributed by atoms with Gasteiger partial charge in [0.2, 0.25) is 5.91 Å². The Hall–Kier alpha value is -2.57. The number of fused-ring (bicyclic) bond motifs is 1. The van der Waals surface area contributed by atoms with Crippen molar-refractivity contribution in [3.63, 3.8) is 0 Å². The Morgan fingerprint density at radius 1 is 1.48 bits per heavy atom. The predicted octanol–water partition coefficient (Wildman–Crippen LogP) is 1.32. The van der Waals surface area contributed by atoms with Crippen LogP contribution in [0.15, 0.2) is 18.2 Å². The van der Waals surface area contributed by atoms with Crippen molar-refractivity contribution < 1.29 is 14.3 Å². The molecule has 1 saturated heterocycles. The molecular weight excluding hydrogens is 296 g/mol. The van der Waals surface area contributed by atoms with Crippen LogP contribution in [0.1, 0.15) is 11.4 Å². The van der Waals surface area contributed by atoms with Crippen molar-refractivity contribution in [3.05, 3.63) is 29.6 Å². The van der Waals surface area contributed by atoms with Gasteiger partial charge in [0.1, 0.15) is 19.0 Å². The van der Waals surface area contributed by atoms with Crippen molar-refractivity contribution in [2.24, 2.45) is 0 Å². The average molecular weight is 316 g/mol. The third-order valence-corrected chi connectivity index (χ3v) is 4.04. The highest BCUT2D eigenvalue weighted by Gasteiger charge is 2.25. The molecule has 7 nitrogen and oxygen atoms in total. The van der Waals surface area contributed by atoms with Crippen molar-refractivity contribution in [3.8, 4) is 0 Å². The minimum absolute atomic E-state index is 0.0641. The van der Waals surface area contributed by atoms with Crippen LogP contribution in [0.4, 0.5) is 4.79 Å². The van der Waals surface area contributed by atoms with Crippen LogP contribution in [0.5, 0.6) is 0 Å². The largest absolute Gasteiger partial charge is 0.448 e. The standard InChI is InChI=1S/C16H20N4O3/c1-11-4-3-5-12-15(11)18-13(17-12)6-7-19(2)14(21)10-20-8-9-23-16(20)22/h3-5H,6-10H2,1-2H3,(H,17,18). The number of nitrogens with one attached hydrogen (secondary N) is 1. The van der Waals surface area contributed by atoms with Gasteiger partial charge in [-0.1, -0.05) is 12.1 Å². The molecule has 23 heavy (non-hydrogen) atoms. The highest BCUT2D eigenvalue weighted by molar-refractivity contribution is 5.82. The summed E-state index contributed by atoms with van der Waals surface area (Å²) in [7, 11) is 1.73. The number of aromatic amines is 1. The van der Waals surface area contributed by atoms with Gasteiger partial charge in [-0.2, -0.15) is 0 Å². The topological polar surface area (TPSA) is 78.5 Å². The van der Waals surface area contributed by atoms with Gasteiger partial charge < -0.3 is 14.6 Å². The number of H-pyrrole nitrogens is 1. The first-order chi connectivity index (χ1) is 11.0. The van der Waals surface area contributed by atoms with Crippen LogP contribution in [-0.2, 0) is 16.0 Å². The van der Waals surface area contributed by atoms with Gasteiger partial charge in [0.25, 0.3) is 0 Å². The first-order valence-electron chi connectivity index (χ1n) is 7.64. The zero-order valence-electron chi connectivity index (χ0n) is 13.3. The molecule has 1 N–H and O–H groups in total. The molecule has 3 rings (SSSR count). The molecule has 0 unspecified atom stereocenters. The van der Waals surface area contributed by atoms with Crippen LogP contribution in [-0.4, -0.2) is 65.1 Å². The minimum atomic E-state index is -0.417. The third kappa shape index (κ3) is 3.28. The number of carbonyl (C=O) groups excluding carboxylic acids is 2. The van der Waals surface area contributed by atoms with E-state index in [1.54, 1.807) is 11.9 Å². The quantitative estimate of drug-likeness (QED) is 0.902. The molecular formula is C16H20N4O3. The van der Waals surface area contributed by atoms with Crippen molar-refractivity contribution in [2.75, 3.05) is 33.3 Å². The Kier molecular flexibility index (Phi) is 4.18. The summed E-state index contributed by atoms with van der Waals surface area (Å²) in [6, 6.07) is 6.01. The van der Waals surface area contributed by atoms with E-state index in [2.05, 4.69) is 9.97 Å². The fourth-order valence-corrected chi connectivity index (χ4v) is 2.60. The Labute approximate surface area is 134 Å². The molecule has 2 heterocycles. The molecule has 1 aromatic heterocycles. The number of amides is 2. The average Bonchev–Trinajstić information content (AvgIpc) is 3.12. The molecule has 0 saturated carbocycles. The maximum Gasteiger partial charge on any atom is 0.410 e. The summed E-state index contributed by atoms with van der Waals surface area (Å²) in [6.07, 6.45) is 0.223. The summed E-state index contributed by atoms with van der Waals surface area (Å²) in [5.41, 5.74) is 3.10. The number of aromatic nitrogens is 2. The molecule has 0 aliphatic carbocycles. The summed E-state index contributed by atoms with van der Waals surface area (Å²) < 4.78 is 4.82. The maximum atomic E-state index is 12.1. The highest BCUT2D eigenvalue weighted by Crippen LogP contribution is 2.15. The molecule has 0 atom stereocenters. The van der Waals surface area contributed by atoms with Crippen LogP contribution in [0.3, 0.4) is 0 Å². The van der Waals surface area contributed by atoms with Gasteiger partial charge in [-0.05, 0) is 18.6 Å². The van der Waals surface area contributed by atoms with E-state index < -0.39 is 6.09 Å². The first kappa shape index (κ1) is 15.3. The number of cyclic esters (lactones) is 1. The number of aryl methyl sites for hydroxylation is 1. The van der Waals surface area contributed by atoms with Gasteiger partial charge in [-0.15, -0.1) is 0 Å². The van der Waals surface area contributed by atoms with Gasteiger partial charge in [-0.3, -0.25) is 9.69 Å². The number of benzene rings is 1. The van der Waals surface area contributed by atoms with Crippen LogP contribution in [0, 0.1) is 6.92 Å². The molecule has 2 aromatic rings. The summed E-state index contributed by atoms with van der Waals surface area (Å²) in [6.45, 7) is 3.46. The molecule has 1 aliphatic rings. The number of carbonyl (C=O) groups is 2. The van der Waals surface area contributed by atoms with Crippen LogP contribution < -0.4 is 0 Å². The number of ether oxygens (including phenoxy) is 1. The first-order valence-corrected chi connectivity index (χ1v) is 7.64. The zero-order valence-corrected chi connectivity index (χ0v) is 13.3. The number of nitrogens with zero attached hydrogens (tertiary/aromatic N) is 3. The molecule has 1 aromatic carbocycles. The lowest BCUT2D eigenvalue weighted by molar-refractivity contribution is -0.130. The Morgan fingerprint density at radius 3 is 3.00 bits per heavy atom. The molecule has 2 amide bonds. The zero-order chi connectivity index (χ0) is 16.4. The second-order valence-electron chi connectivity index (χ2n) is 5.76. The van der Waals surface area contributed by atoms with E-state index in [4.69, 9.17) is 4.74 Å². The summed E-state index contributed by atoms with van der Waals surface area (Å²) >= 11 is 0. The summed E-state index contributed by atoms with van der Waals surface area (Å²) in [5, 5.41) is 0.